The summed E-state index contributed by atoms with van der Waals surface area (Å²) in [6.45, 7) is 0.575. The van der Waals surface area contributed by atoms with Gasteiger partial charge in [-0.15, -0.1) is 0 Å². The van der Waals surface area contributed by atoms with Gasteiger partial charge in [0.25, 0.3) is 5.69 Å². The summed E-state index contributed by atoms with van der Waals surface area (Å²) in [6.07, 6.45) is 0. The summed E-state index contributed by atoms with van der Waals surface area (Å²) in [7, 11) is 1.48. The molecule has 0 fully saturated rings. The number of benzene rings is 2. The van der Waals surface area contributed by atoms with Gasteiger partial charge in [0.1, 0.15) is 5.75 Å². The van der Waals surface area contributed by atoms with Crippen molar-refractivity contribution in [1.82, 2.24) is 0 Å². The molecule has 0 aliphatic heterocycles. The Morgan fingerprint density at radius 1 is 1.25 bits per heavy atom. The van der Waals surface area contributed by atoms with E-state index in [0.717, 1.165) is 5.56 Å². The van der Waals surface area contributed by atoms with Gasteiger partial charge in [0.15, 0.2) is 0 Å². The highest BCUT2D eigenvalue weighted by Crippen LogP contribution is 2.29. The van der Waals surface area contributed by atoms with Crippen LogP contribution in [0.5, 0.6) is 5.75 Å². The normalized spacial score (nSPS) is 10.1. The predicted molar refractivity (Wildman–Crippen MR) is 78.4 cm³/mol. The molecule has 104 valence electrons. The molecule has 2 aromatic carbocycles. The summed E-state index contributed by atoms with van der Waals surface area (Å²) in [4.78, 5) is 10.3. The number of nitro benzene ring substituents is 1. The van der Waals surface area contributed by atoms with Crippen LogP contribution in [0, 0.1) is 10.1 Å². The molecule has 0 saturated heterocycles. The van der Waals surface area contributed by atoms with E-state index < -0.39 is 4.92 Å². The molecule has 2 rings (SSSR count). The number of non-ortho nitro benzene ring substituents is 1. The first-order valence-corrected chi connectivity index (χ1v) is 6.28. The molecule has 0 atom stereocenters. The maximum Gasteiger partial charge on any atom is 0.273 e. The molecular formula is C14H13ClN2O3. The van der Waals surface area contributed by atoms with Crippen molar-refractivity contribution in [2.45, 2.75) is 6.54 Å². The first kappa shape index (κ1) is 14.1. The third-order valence-electron chi connectivity index (χ3n) is 2.79. The number of hydrogen-bond acceptors (Lipinski definition) is 4. The molecule has 1 N–H and O–H groups in total. The maximum atomic E-state index is 10.7. The van der Waals surface area contributed by atoms with Crippen LogP contribution in [0.2, 0.25) is 5.02 Å². The van der Waals surface area contributed by atoms with E-state index in [1.165, 1.54) is 19.2 Å². The molecule has 6 heteroatoms. The number of ether oxygens (including phenoxy) is 1. The van der Waals surface area contributed by atoms with E-state index in [1.807, 2.05) is 24.3 Å². The van der Waals surface area contributed by atoms with E-state index in [-0.39, 0.29) is 5.69 Å². The van der Waals surface area contributed by atoms with Gasteiger partial charge in [-0.2, -0.15) is 0 Å². The molecule has 0 bridgehead atoms. The number of nitro groups is 1. The molecule has 2 aromatic rings. The second-order valence-corrected chi connectivity index (χ2v) is 4.56. The number of halogens is 1. The Kier molecular flexibility index (Phi) is 4.42. The number of nitrogens with one attached hydrogen (secondary N) is 1. The topological polar surface area (TPSA) is 64.4 Å². The highest BCUT2D eigenvalue weighted by molar-refractivity contribution is 6.30. The van der Waals surface area contributed by atoms with E-state index in [4.69, 9.17) is 16.3 Å². The van der Waals surface area contributed by atoms with Gasteiger partial charge in [0.05, 0.1) is 23.8 Å². The van der Waals surface area contributed by atoms with Crippen LogP contribution in [0.15, 0.2) is 42.5 Å². The summed E-state index contributed by atoms with van der Waals surface area (Å²) in [6, 6.07) is 11.9. The third kappa shape index (κ3) is 3.39. The third-order valence-corrected chi connectivity index (χ3v) is 3.04. The van der Waals surface area contributed by atoms with E-state index in [1.54, 1.807) is 6.07 Å². The van der Waals surface area contributed by atoms with Crippen molar-refractivity contribution >= 4 is 23.0 Å². The van der Waals surface area contributed by atoms with Crippen LogP contribution in [-0.4, -0.2) is 12.0 Å². The summed E-state index contributed by atoms with van der Waals surface area (Å²) in [5, 5.41) is 14.6. The van der Waals surface area contributed by atoms with Crippen LogP contribution in [0.1, 0.15) is 5.56 Å². The zero-order valence-electron chi connectivity index (χ0n) is 10.8. The van der Waals surface area contributed by atoms with E-state index in [0.29, 0.717) is 23.0 Å². The van der Waals surface area contributed by atoms with Crippen molar-refractivity contribution in [2.24, 2.45) is 0 Å². The molecule has 0 aromatic heterocycles. The minimum Gasteiger partial charge on any atom is -0.494 e. The molecule has 0 unspecified atom stereocenters. The minimum absolute atomic E-state index is 0.00103. The number of rotatable bonds is 5. The van der Waals surface area contributed by atoms with Crippen molar-refractivity contribution in [3.8, 4) is 5.75 Å². The highest BCUT2D eigenvalue weighted by Gasteiger charge is 2.10. The van der Waals surface area contributed by atoms with Gasteiger partial charge in [-0.3, -0.25) is 10.1 Å². The summed E-state index contributed by atoms with van der Waals surface area (Å²) < 4.78 is 5.16. The lowest BCUT2D eigenvalue weighted by Crippen LogP contribution is -2.01. The Morgan fingerprint density at radius 2 is 1.95 bits per heavy atom. The van der Waals surface area contributed by atoms with E-state index >= 15 is 0 Å². The molecule has 0 aliphatic rings. The molecule has 0 aliphatic carbocycles. The highest BCUT2D eigenvalue weighted by atomic mass is 35.5. The number of hydrogen-bond donors (Lipinski definition) is 1. The molecule has 0 amide bonds. The van der Waals surface area contributed by atoms with Crippen molar-refractivity contribution < 1.29 is 9.66 Å². The van der Waals surface area contributed by atoms with Gasteiger partial charge in [-0.1, -0.05) is 23.7 Å². The molecule has 5 nitrogen and oxygen atoms in total. The molecule has 0 radical (unpaired) electrons. The lowest BCUT2D eigenvalue weighted by atomic mass is 10.2. The standard InChI is InChI=1S/C14H13ClN2O3/c1-20-14-8-12(17(18)19)6-7-13(14)16-9-10-2-4-11(15)5-3-10/h2-8,16H,9H2,1H3. The fourth-order valence-corrected chi connectivity index (χ4v) is 1.87. The fraction of sp³-hybridized carbons (Fsp3) is 0.143. The van der Waals surface area contributed by atoms with Gasteiger partial charge < -0.3 is 10.1 Å². The SMILES string of the molecule is COc1cc([N+](=O)[O-])ccc1NCc1ccc(Cl)cc1. The second-order valence-electron chi connectivity index (χ2n) is 4.12. The summed E-state index contributed by atoms with van der Waals surface area (Å²) in [5.74, 6) is 0.438. The molecule has 0 heterocycles. The van der Waals surface area contributed by atoms with Gasteiger partial charge in [0, 0.05) is 17.6 Å². The average molecular weight is 293 g/mol. The van der Waals surface area contributed by atoms with Crippen molar-refractivity contribution in [1.29, 1.82) is 0 Å². The van der Waals surface area contributed by atoms with E-state index in [9.17, 15) is 10.1 Å². The summed E-state index contributed by atoms with van der Waals surface area (Å²) in [5.41, 5.74) is 1.75. The smallest absolute Gasteiger partial charge is 0.273 e. The monoisotopic (exact) mass is 292 g/mol. The van der Waals surface area contributed by atoms with Gasteiger partial charge >= 0.3 is 0 Å². The lowest BCUT2D eigenvalue weighted by Gasteiger charge is -2.11. The van der Waals surface area contributed by atoms with Crippen LogP contribution in [0.3, 0.4) is 0 Å². The quantitative estimate of drug-likeness (QED) is 0.671. The first-order chi connectivity index (χ1) is 9.60. The largest absolute Gasteiger partial charge is 0.494 e. The van der Waals surface area contributed by atoms with Gasteiger partial charge in [-0.25, -0.2) is 0 Å². The molecule has 0 spiro atoms. The van der Waals surface area contributed by atoms with E-state index in [2.05, 4.69) is 5.32 Å². The molecule has 20 heavy (non-hydrogen) atoms. The Hall–Kier alpha value is -2.27. The Morgan fingerprint density at radius 3 is 2.55 bits per heavy atom. The Bertz CT molecular complexity index is 614. The predicted octanol–water partition coefficient (Wildman–Crippen LogP) is 3.87. The molecular weight excluding hydrogens is 280 g/mol. The first-order valence-electron chi connectivity index (χ1n) is 5.91. The second kappa shape index (κ2) is 6.25. The number of nitrogens with zero attached hydrogens (tertiary/aromatic N) is 1. The zero-order chi connectivity index (χ0) is 14.5. The fourth-order valence-electron chi connectivity index (χ4n) is 1.74. The van der Waals surface area contributed by atoms with Crippen molar-refractivity contribution in [3.63, 3.8) is 0 Å². The zero-order valence-corrected chi connectivity index (χ0v) is 11.6. The van der Waals surface area contributed by atoms with Crippen LogP contribution in [0.4, 0.5) is 11.4 Å². The van der Waals surface area contributed by atoms with Crippen molar-refractivity contribution in [3.05, 3.63) is 63.2 Å². The van der Waals surface area contributed by atoms with Crippen LogP contribution in [0.25, 0.3) is 0 Å². The van der Waals surface area contributed by atoms with Crippen LogP contribution < -0.4 is 10.1 Å². The minimum atomic E-state index is -0.453. The average Bonchev–Trinajstić information content (AvgIpc) is 2.46. The van der Waals surface area contributed by atoms with Crippen LogP contribution >= 0.6 is 11.6 Å². The van der Waals surface area contributed by atoms with Crippen LogP contribution in [-0.2, 0) is 6.54 Å². The molecule has 0 saturated carbocycles. The van der Waals surface area contributed by atoms with Gasteiger partial charge in [0.2, 0.25) is 0 Å². The maximum absolute atomic E-state index is 10.7. The Labute approximate surface area is 121 Å². The van der Waals surface area contributed by atoms with Gasteiger partial charge in [-0.05, 0) is 23.8 Å². The number of methoxy groups -OCH3 is 1. The lowest BCUT2D eigenvalue weighted by molar-refractivity contribution is -0.384. The summed E-state index contributed by atoms with van der Waals surface area (Å²) >= 11 is 5.82. The number of anilines is 1. The Balaban J connectivity index is 2.12. The van der Waals surface area contributed by atoms with Crippen molar-refractivity contribution in [2.75, 3.05) is 12.4 Å².